The molecule has 0 aliphatic heterocycles. The number of rotatable bonds is 4. The van der Waals surface area contributed by atoms with Gasteiger partial charge in [-0.25, -0.2) is 4.98 Å². The maximum absolute atomic E-state index is 12.6. The highest BCUT2D eigenvalue weighted by molar-refractivity contribution is 7.14. The van der Waals surface area contributed by atoms with Gasteiger partial charge in [0, 0.05) is 21.9 Å². The van der Waals surface area contributed by atoms with Crippen LogP contribution in [0.2, 0.25) is 0 Å². The van der Waals surface area contributed by atoms with Crippen molar-refractivity contribution in [3.63, 3.8) is 0 Å². The van der Waals surface area contributed by atoms with E-state index in [0.717, 1.165) is 28.0 Å². The van der Waals surface area contributed by atoms with Gasteiger partial charge in [0.1, 0.15) is 11.3 Å². The molecule has 0 saturated carbocycles. The van der Waals surface area contributed by atoms with E-state index in [1.807, 2.05) is 48.7 Å². The van der Waals surface area contributed by atoms with Crippen molar-refractivity contribution in [2.24, 2.45) is 0 Å². The van der Waals surface area contributed by atoms with Gasteiger partial charge in [-0.3, -0.25) is 10.1 Å². The van der Waals surface area contributed by atoms with Gasteiger partial charge < -0.3 is 9.15 Å². The van der Waals surface area contributed by atoms with Crippen LogP contribution in [0.4, 0.5) is 5.13 Å². The molecule has 0 unspecified atom stereocenters. The smallest absolute Gasteiger partial charge is 0.293 e. The van der Waals surface area contributed by atoms with E-state index in [9.17, 15) is 4.79 Å². The Bertz CT molecular complexity index is 1080. The minimum atomic E-state index is -0.313. The first-order valence-corrected chi connectivity index (χ1v) is 8.93. The molecule has 5 nitrogen and oxygen atoms in total. The number of thiazole rings is 1. The van der Waals surface area contributed by atoms with E-state index < -0.39 is 0 Å². The van der Waals surface area contributed by atoms with Crippen LogP contribution in [0.15, 0.2) is 58.3 Å². The van der Waals surface area contributed by atoms with Crippen molar-refractivity contribution in [3.05, 3.63) is 65.2 Å². The molecule has 0 fully saturated rings. The van der Waals surface area contributed by atoms with E-state index in [2.05, 4.69) is 10.3 Å². The fourth-order valence-corrected chi connectivity index (χ4v) is 3.48. The number of amides is 1. The predicted octanol–water partition coefficient (Wildman–Crippen LogP) is 5.13. The van der Waals surface area contributed by atoms with Crippen LogP contribution in [0.25, 0.3) is 22.2 Å². The van der Waals surface area contributed by atoms with Crippen molar-refractivity contribution in [1.82, 2.24) is 4.98 Å². The second-order valence-electron chi connectivity index (χ2n) is 5.78. The zero-order valence-electron chi connectivity index (χ0n) is 14.3. The average molecular weight is 364 g/mol. The maximum atomic E-state index is 12.6. The first-order valence-electron chi connectivity index (χ1n) is 8.05. The number of nitrogens with zero attached hydrogens (tertiary/aromatic N) is 1. The van der Waals surface area contributed by atoms with Crippen LogP contribution in [0.5, 0.6) is 5.75 Å². The molecule has 0 radical (unpaired) electrons. The van der Waals surface area contributed by atoms with Crippen molar-refractivity contribution >= 4 is 33.3 Å². The third-order valence-electron chi connectivity index (χ3n) is 4.14. The molecule has 0 bridgehead atoms. The topological polar surface area (TPSA) is 64.4 Å². The standard InChI is InChI=1S/C20H16N2O3S/c1-12-15-10-14(24-2)8-9-17(15)25-18(12)19(23)22-20-21-16(11-26-20)13-6-4-3-5-7-13/h3-11H,1-2H3,(H,21,22,23). The Labute approximate surface area is 154 Å². The van der Waals surface area contributed by atoms with Crippen LogP contribution in [-0.2, 0) is 0 Å². The first-order chi connectivity index (χ1) is 12.7. The van der Waals surface area contributed by atoms with Crippen LogP contribution in [0.1, 0.15) is 16.1 Å². The SMILES string of the molecule is COc1ccc2oc(C(=O)Nc3nc(-c4ccccc4)cs3)c(C)c2c1. The number of ether oxygens (including phenoxy) is 1. The van der Waals surface area contributed by atoms with Gasteiger partial charge in [0.2, 0.25) is 0 Å². The molecule has 0 saturated heterocycles. The van der Waals surface area contributed by atoms with Gasteiger partial charge in [-0.15, -0.1) is 11.3 Å². The molecule has 0 atom stereocenters. The van der Waals surface area contributed by atoms with Gasteiger partial charge in [0.25, 0.3) is 5.91 Å². The lowest BCUT2D eigenvalue weighted by atomic mass is 10.1. The fraction of sp³-hybridized carbons (Fsp3) is 0.100. The van der Waals surface area contributed by atoms with Crippen LogP contribution < -0.4 is 10.1 Å². The number of carbonyl (C=O) groups is 1. The number of nitrogens with one attached hydrogen (secondary N) is 1. The third kappa shape index (κ3) is 2.95. The molecule has 2 aromatic carbocycles. The molecule has 0 aliphatic carbocycles. The number of hydrogen-bond acceptors (Lipinski definition) is 5. The molecule has 0 aliphatic rings. The normalized spacial score (nSPS) is 10.8. The Kier molecular flexibility index (Phi) is 4.18. The highest BCUT2D eigenvalue weighted by Crippen LogP contribution is 2.30. The second-order valence-corrected chi connectivity index (χ2v) is 6.63. The highest BCUT2D eigenvalue weighted by Gasteiger charge is 2.19. The summed E-state index contributed by atoms with van der Waals surface area (Å²) in [6, 6.07) is 15.3. The van der Waals surface area contributed by atoms with E-state index in [1.165, 1.54) is 11.3 Å². The third-order valence-corrected chi connectivity index (χ3v) is 4.90. The Hall–Kier alpha value is -3.12. The van der Waals surface area contributed by atoms with Crippen LogP contribution in [-0.4, -0.2) is 18.0 Å². The highest BCUT2D eigenvalue weighted by atomic mass is 32.1. The number of benzene rings is 2. The number of aromatic nitrogens is 1. The summed E-state index contributed by atoms with van der Waals surface area (Å²) in [5, 5.41) is 6.13. The van der Waals surface area contributed by atoms with Gasteiger partial charge in [-0.2, -0.15) is 0 Å². The summed E-state index contributed by atoms with van der Waals surface area (Å²) >= 11 is 1.38. The largest absolute Gasteiger partial charge is 0.497 e. The monoisotopic (exact) mass is 364 g/mol. The molecule has 1 N–H and O–H groups in total. The molecule has 1 amide bonds. The van der Waals surface area contributed by atoms with E-state index in [-0.39, 0.29) is 11.7 Å². The first kappa shape index (κ1) is 16.4. The molecule has 6 heteroatoms. The van der Waals surface area contributed by atoms with Crippen molar-refractivity contribution < 1.29 is 13.9 Å². The summed E-state index contributed by atoms with van der Waals surface area (Å²) in [5.74, 6) is 0.692. The Morgan fingerprint density at radius 2 is 2.00 bits per heavy atom. The summed E-state index contributed by atoms with van der Waals surface area (Å²) in [6.07, 6.45) is 0. The summed E-state index contributed by atoms with van der Waals surface area (Å²) < 4.78 is 11.0. The second kappa shape index (κ2) is 6.65. The molecular formula is C20H16N2O3S. The summed E-state index contributed by atoms with van der Waals surface area (Å²) in [5.41, 5.74) is 3.27. The summed E-state index contributed by atoms with van der Waals surface area (Å²) in [7, 11) is 1.61. The van der Waals surface area contributed by atoms with Gasteiger partial charge in [0.15, 0.2) is 10.9 Å². The average Bonchev–Trinajstić information content (AvgIpc) is 3.27. The van der Waals surface area contributed by atoms with Crippen LogP contribution in [0, 0.1) is 6.92 Å². The number of fused-ring (bicyclic) bond motifs is 1. The molecule has 4 rings (SSSR count). The Morgan fingerprint density at radius 1 is 1.19 bits per heavy atom. The van der Waals surface area contributed by atoms with Gasteiger partial charge in [-0.1, -0.05) is 30.3 Å². The molecular weight excluding hydrogens is 348 g/mol. The minimum Gasteiger partial charge on any atom is -0.497 e. The molecule has 2 heterocycles. The van der Waals surface area contributed by atoms with Gasteiger partial charge >= 0.3 is 0 Å². The fourth-order valence-electron chi connectivity index (χ4n) is 2.77. The van der Waals surface area contributed by atoms with Crippen LogP contribution >= 0.6 is 11.3 Å². The summed E-state index contributed by atoms with van der Waals surface area (Å²) in [6.45, 7) is 1.86. The van der Waals surface area contributed by atoms with Crippen molar-refractivity contribution in [1.29, 1.82) is 0 Å². The molecule has 2 aromatic heterocycles. The van der Waals surface area contributed by atoms with Gasteiger partial charge in [-0.05, 0) is 25.1 Å². The molecule has 130 valence electrons. The van der Waals surface area contributed by atoms with Crippen LogP contribution in [0.3, 0.4) is 0 Å². The number of aryl methyl sites for hydroxylation is 1. The quantitative estimate of drug-likeness (QED) is 0.545. The van der Waals surface area contributed by atoms with Crippen molar-refractivity contribution in [3.8, 4) is 17.0 Å². The number of carbonyl (C=O) groups excluding carboxylic acids is 1. The van der Waals surface area contributed by atoms with Crippen molar-refractivity contribution in [2.75, 3.05) is 12.4 Å². The summed E-state index contributed by atoms with van der Waals surface area (Å²) in [4.78, 5) is 17.1. The zero-order chi connectivity index (χ0) is 18.1. The Morgan fingerprint density at radius 3 is 2.77 bits per heavy atom. The zero-order valence-corrected chi connectivity index (χ0v) is 15.1. The van der Waals surface area contributed by atoms with Gasteiger partial charge in [0.05, 0.1) is 12.8 Å². The van der Waals surface area contributed by atoms with E-state index >= 15 is 0 Å². The lowest BCUT2D eigenvalue weighted by molar-refractivity contribution is 0.0998. The number of anilines is 1. The maximum Gasteiger partial charge on any atom is 0.293 e. The van der Waals surface area contributed by atoms with E-state index in [0.29, 0.717) is 10.7 Å². The molecule has 4 aromatic rings. The van der Waals surface area contributed by atoms with Crippen molar-refractivity contribution in [2.45, 2.75) is 6.92 Å². The number of furan rings is 1. The molecule has 26 heavy (non-hydrogen) atoms. The lowest BCUT2D eigenvalue weighted by Crippen LogP contribution is -2.11. The minimum absolute atomic E-state index is 0.282. The lowest BCUT2D eigenvalue weighted by Gasteiger charge is -2.00. The number of methoxy groups -OCH3 is 1. The van der Waals surface area contributed by atoms with E-state index in [1.54, 1.807) is 19.2 Å². The predicted molar refractivity (Wildman–Crippen MR) is 103 cm³/mol. The van der Waals surface area contributed by atoms with E-state index in [4.69, 9.17) is 9.15 Å². The number of hydrogen-bond donors (Lipinski definition) is 1. The molecule has 0 spiro atoms. The Balaban J connectivity index is 1.60.